The third-order valence-corrected chi connectivity index (χ3v) is 3.67. The lowest BCUT2D eigenvalue weighted by atomic mass is 10.1. The largest absolute Gasteiger partial charge is 0.507 e. The number of phenols is 1. The Bertz CT molecular complexity index is 892. The van der Waals surface area contributed by atoms with Crippen LogP contribution in [0.4, 0.5) is 8.78 Å². The Kier molecular flexibility index (Phi) is 4.74. The Hall–Kier alpha value is -3.22. The molecule has 128 valence electrons. The van der Waals surface area contributed by atoms with E-state index in [0.717, 1.165) is 17.7 Å². The molecule has 3 N–H and O–H groups in total. The number of aromatic hydroxyl groups is 1. The van der Waals surface area contributed by atoms with Gasteiger partial charge in [0.05, 0.1) is 5.69 Å². The molecular formula is C18H15F2N3O2. The molecule has 0 saturated heterocycles. The second-order valence-corrected chi connectivity index (χ2v) is 5.46. The minimum absolute atomic E-state index is 0.129. The maximum Gasteiger partial charge on any atom is 0.269 e. The molecule has 1 amide bonds. The Balaban J connectivity index is 1.62. The van der Waals surface area contributed by atoms with Gasteiger partial charge in [-0.25, -0.2) is 8.78 Å². The van der Waals surface area contributed by atoms with Gasteiger partial charge < -0.3 is 10.4 Å². The monoisotopic (exact) mass is 343 g/mol. The van der Waals surface area contributed by atoms with Crippen LogP contribution < -0.4 is 5.32 Å². The van der Waals surface area contributed by atoms with Crippen LogP contribution in [-0.2, 0) is 6.42 Å². The first-order valence-corrected chi connectivity index (χ1v) is 7.60. The van der Waals surface area contributed by atoms with Crippen LogP contribution in [-0.4, -0.2) is 27.8 Å². The van der Waals surface area contributed by atoms with Crippen molar-refractivity contribution in [1.29, 1.82) is 0 Å². The fourth-order valence-electron chi connectivity index (χ4n) is 2.36. The molecule has 1 aromatic heterocycles. The highest BCUT2D eigenvalue weighted by atomic mass is 19.1. The molecular weight excluding hydrogens is 328 g/mol. The number of H-pyrrole nitrogens is 1. The summed E-state index contributed by atoms with van der Waals surface area (Å²) in [5.41, 5.74) is 1.55. The number of halogens is 2. The number of rotatable bonds is 5. The predicted octanol–water partition coefficient (Wildman–Crippen LogP) is 3.03. The highest BCUT2D eigenvalue weighted by Gasteiger charge is 2.13. The summed E-state index contributed by atoms with van der Waals surface area (Å²) in [6, 6.07) is 11.0. The molecule has 25 heavy (non-hydrogen) atoms. The summed E-state index contributed by atoms with van der Waals surface area (Å²) >= 11 is 0. The van der Waals surface area contributed by atoms with Crippen LogP contribution in [0.15, 0.2) is 48.5 Å². The first-order valence-electron chi connectivity index (χ1n) is 7.60. The number of hydrogen-bond acceptors (Lipinski definition) is 3. The number of nitrogens with one attached hydrogen (secondary N) is 2. The maximum absolute atomic E-state index is 13.3. The minimum atomic E-state index is -0.513. The van der Waals surface area contributed by atoms with Crippen molar-refractivity contribution in [2.24, 2.45) is 0 Å². The molecule has 0 atom stereocenters. The van der Waals surface area contributed by atoms with Crippen molar-refractivity contribution in [1.82, 2.24) is 15.5 Å². The minimum Gasteiger partial charge on any atom is -0.507 e. The van der Waals surface area contributed by atoms with Crippen LogP contribution in [0.2, 0.25) is 0 Å². The van der Waals surface area contributed by atoms with Crippen molar-refractivity contribution in [3.05, 3.63) is 71.4 Å². The predicted molar refractivity (Wildman–Crippen MR) is 88.1 cm³/mol. The fraction of sp³-hybridized carbons (Fsp3) is 0.111. The van der Waals surface area contributed by atoms with Crippen molar-refractivity contribution in [3.8, 4) is 17.0 Å². The topological polar surface area (TPSA) is 78.0 Å². The summed E-state index contributed by atoms with van der Waals surface area (Å²) < 4.78 is 26.1. The average molecular weight is 343 g/mol. The number of aromatic amines is 1. The van der Waals surface area contributed by atoms with E-state index in [0.29, 0.717) is 13.0 Å². The fourth-order valence-corrected chi connectivity index (χ4v) is 2.36. The lowest BCUT2D eigenvalue weighted by Gasteiger charge is -2.03. The highest BCUT2D eigenvalue weighted by Crippen LogP contribution is 2.28. The van der Waals surface area contributed by atoms with E-state index in [-0.39, 0.29) is 34.4 Å². The van der Waals surface area contributed by atoms with Gasteiger partial charge >= 0.3 is 0 Å². The smallest absolute Gasteiger partial charge is 0.269 e. The van der Waals surface area contributed by atoms with Crippen molar-refractivity contribution in [2.75, 3.05) is 6.54 Å². The maximum atomic E-state index is 13.3. The van der Waals surface area contributed by atoms with Crippen molar-refractivity contribution >= 4 is 5.91 Å². The zero-order valence-electron chi connectivity index (χ0n) is 13.1. The van der Waals surface area contributed by atoms with E-state index in [4.69, 9.17) is 0 Å². The van der Waals surface area contributed by atoms with E-state index >= 15 is 0 Å². The van der Waals surface area contributed by atoms with Gasteiger partial charge in [-0.2, -0.15) is 5.10 Å². The molecule has 0 aliphatic heterocycles. The van der Waals surface area contributed by atoms with E-state index < -0.39 is 5.82 Å². The highest BCUT2D eigenvalue weighted by molar-refractivity contribution is 5.93. The van der Waals surface area contributed by atoms with Gasteiger partial charge in [-0.3, -0.25) is 9.89 Å². The number of carbonyl (C=O) groups excluding carboxylic acids is 1. The van der Waals surface area contributed by atoms with E-state index in [9.17, 15) is 18.7 Å². The molecule has 0 aliphatic carbocycles. The molecule has 7 heteroatoms. The summed E-state index contributed by atoms with van der Waals surface area (Å²) in [6.45, 7) is 0.365. The van der Waals surface area contributed by atoms with Crippen LogP contribution in [0, 0.1) is 11.6 Å². The number of aromatic nitrogens is 2. The quantitative estimate of drug-likeness (QED) is 0.666. The molecule has 0 aliphatic rings. The lowest BCUT2D eigenvalue weighted by molar-refractivity contribution is 0.0949. The second kappa shape index (κ2) is 7.12. The van der Waals surface area contributed by atoms with Crippen LogP contribution >= 0.6 is 0 Å². The van der Waals surface area contributed by atoms with Crippen LogP contribution in [0.1, 0.15) is 16.1 Å². The van der Waals surface area contributed by atoms with Gasteiger partial charge in [0, 0.05) is 12.1 Å². The van der Waals surface area contributed by atoms with Crippen molar-refractivity contribution < 1.29 is 18.7 Å². The first-order chi connectivity index (χ1) is 12.0. The number of phenolic OH excluding ortho intramolecular Hbond substituents is 1. The number of carbonyl (C=O) groups is 1. The Morgan fingerprint density at radius 1 is 1.08 bits per heavy atom. The van der Waals surface area contributed by atoms with Crippen LogP contribution in [0.25, 0.3) is 11.3 Å². The Labute approximate surface area is 142 Å². The molecule has 5 nitrogen and oxygen atoms in total. The van der Waals surface area contributed by atoms with Gasteiger partial charge in [-0.1, -0.05) is 12.1 Å². The second-order valence-electron chi connectivity index (χ2n) is 5.46. The molecule has 1 heterocycles. The Morgan fingerprint density at radius 2 is 1.80 bits per heavy atom. The number of nitrogens with zero attached hydrogens (tertiary/aromatic N) is 1. The third-order valence-electron chi connectivity index (χ3n) is 3.67. The lowest BCUT2D eigenvalue weighted by Crippen LogP contribution is -2.26. The zero-order valence-corrected chi connectivity index (χ0v) is 13.1. The standard InChI is InChI=1S/C18H15F2N3O2/c19-12-3-1-11(2-4-12)7-8-21-18(25)16-10-15(22-23-16)14-9-13(20)5-6-17(14)24/h1-6,9-10,24H,7-8H2,(H,21,25)(H,22,23). The number of hydrogen-bond donors (Lipinski definition) is 3. The van der Waals surface area contributed by atoms with Gasteiger partial charge in [0.1, 0.15) is 23.1 Å². The molecule has 0 fully saturated rings. The van der Waals surface area contributed by atoms with Gasteiger partial charge in [0.2, 0.25) is 0 Å². The van der Waals surface area contributed by atoms with Gasteiger partial charge in [-0.05, 0) is 48.4 Å². The van der Waals surface area contributed by atoms with Crippen molar-refractivity contribution in [3.63, 3.8) is 0 Å². The summed E-state index contributed by atoms with van der Waals surface area (Å²) in [4.78, 5) is 12.1. The summed E-state index contributed by atoms with van der Waals surface area (Å²) in [5.74, 6) is -1.33. The Morgan fingerprint density at radius 3 is 2.56 bits per heavy atom. The molecule has 2 aromatic carbocycles. The third kappa shape index (κ3) is 4.00. The molecule has 0 radical (unpaired) electrons. The van der Waals surface area contributed by atoms with Crippen LogP contribution in [0.3, 0.4) is 0 Å². The zero-order chi connectivity index (χ0) is 17.8. The summed E-state index contributed by atoms with van der Waals surface area (Å²) in [7, 11) is 0. The SMILES string of the molecule is O=C(NCCc1ccc(F)cc1)c1cc(-c2cc(F)ccc2O)n[nH]1. The molecule has 0 spiro atoms. The average Bonchev–Trinajstić information content (AvgIpc) is 3.09. The normalized spacial score (nSPS) is 10.6. The van der Waals surface area contributed by atoms with E-state index in [1.165, 1.54) is 24.3 Å². The number of amides is 1. The molecule has 3 rings (SSSR count). The molecule has 3 aromatic rings. The van der Waals surface area contributed by atoms with E-state index in [1.54, 1.807) is 12.1 Å². The summed E-state index contributed by atoms with van der Waals surface area (Å²) in [6.07, 6.45) is 0.553. The molecule has 0 saturated carbocycles. The van der Waals surface area contributed by atoms with Gasteiger partial charge in [-0.15, -0.1) is 0 Å². The van der Waals surface area contributed by atoms with Crippen LogP contribution in [0.5, 0.6) is 5.75 Å². The van der Waals surface area contributed by atoms with E-state index in [1.807, 2.05) is 0 Å². The molecule has 0 bridgehead atoms. The first kappa shape index (κ1) is 16.6. The number of benzene rings is 2. The van der Waals surface area contributed by atoms with Crippen molar-refractivity contribution in [2.45, 2.75) is 6.42 Å². The molecule has 0 unspecified atom stereocenters. The van der Waals surface area contributed by atoms with Gasteiger partial charge in [0.25, 0.3) is 5.91 Å². The van der Waals surface area contributed by atoms with Gasteiger partial charge in [0.15, 0.2) is 0 Å². The summed E-state index contributed by atoms with van der Waals surface area (Å²) in [5, 5.41) is 19.0. The van der Waals surface area contributed by atoms with E-state index in [2.05, 4.69) is 15.5 Å².